The molecule has 13 nitrogen and oxygen atoms in total. The molecule has 6 aromatic rings. The van der Waals surface area contributed by atoms with Crippen molar-refractivity contribution < 1.29 is 29.4 Å². The number of benzene rings is 3. The number of nitrogens with one attached hydrogen (secondary N) is 6. The Hall–Kier alpha value is -5.92. The van der Waals surface area contributed by atoms with Gasteiger partial charge in [0.2, 0.25) is 17.7 Å². The summed E-state index contributed by atoms with van der Waals surface area (Å²) in [6, 6.07) is 17.4. The van der Waals surface area contributed by atoms with Crippen LogP contribution in [-0.2, 0) is 38.4 Å². The van der Waals surface area contributed by atoms with Crippen LogP contribution in [0.3, 0.4) is 0 Å². The van der Waals surface area contributed by atoms with E-state index in [9.17, 15) is 29.4 Å². The van der Waals surface area contributed by atoms with E-state index >= 15 is 0 Å². The number of aliphatic hydroxyl groups is 1. The van der Waals surface area contributed by atoms with Gasteiger partial charge in [0.1, 0.15) is 18.1 Å². The summed E-state index contributed by atoms with van der Waals surface area (Å²) in [7, 11) is 0. The van der Waals surface area contributed by atoms with Gasteiger partial charge in [0.25, 0.3) is 0 Å². The van der Waals surface area contributed by atoms with E-state index in [2.05, 4.69) is 30.9 Å². The number of carboxylic acid groups (broad SMARTS) is 1. The van der Waals surface area contributed by atoms with Crippen LogP contribution in [0.4, 0.5) is 0 Å². The fraction of sp³-hybridized carbons (Fsp3) is 0.222. The normalized spacial score (nSPS) is 13.9. The number of hydrogen-bond acceptors (Lipinski definition) is 6. The minimum atomic E-state index is -1.43. The van der Waals surface area contributed by atoms with Crippen molar-refractivity contribution in [2.75, 3.05) is 6.61 Å². The Morgan fingerprint density at radius 1 is 0.571 bits per heavy atom. The van der Waals surface area contributed by atoms with Crippen molar-refractivity contribution in [2.45, 2.75) is 43.4 Å². The molecule has 0 aliphatic rings. The average molecular weight is 664 g/mol. The molecule has 13 heteroatoms. The number of rotatable bonds is 14. The van der Waals surface area contributed by atoms with E-state index in [-0.39, 0.29) is 19.3 Å². The largest absolute Gasteiger partial charge is 0.480 e. The van der Waals surface area contributed by atoms with E-state index in [0.717, 1.165) is 38.3 Å². The highest BCUT2D eigenvalue weighted by molar-refractivity contribution is 5.95. The van der Waals surface area contributed by atoms with Crippen molar-refractivity contribution in [2.24, 2.45) is 5.73 Å². The zero-order valence-electron chi connectivity index (χ0n) is 26.4. The third-order valence-electron chi connectivity index (χ3n) is 8.71. The van der Waals surface area contributed by atoms with E-state index in [1.54, 1.807) is 18.6 Å². The van der Waals surface area contributed by atoms with E-state index in [0.29, 0.717) is 11.1 Å². The zero-order chi connectivity index (χ0) is 34.5. The predicted molar refractivity (Wildman–Crippen MR) is 184 cm³/mol. The second kappa shape index (κ2) is 14.5. The van der Waals surface area contributed by atoms with Crippen molar-refractivity contribution >= 4 is 56.4 Å². The summed E-state index contributed by atoms with van der Waals surface area (Å²) in [5.74, 6) is -3.49. The molecule has 252 valence electrons. The Morgan fingerprint density at radius 3 is 1.43 bits per heavy atom. The number of para-hydroxylation sites is 3. The summed E-state index contributed by atoms with van der Waals surface area (Å²) in [4.78, 5) is 62.1. The van der Waals surface area contributed by atoms with E-state index in [4.69, 9.17) is 5.73 Å². The molecule has 0 aliphatic heterocycles. The van der Waals surface area contributed by atoms with Crippen molar-refractivity contribution in [1.29, 1.82) is 0 Å². The van der Waals surface area contributed by atoms with Gasteiger partial charge in [-0.05, 0) is 41.3 Å². The number of H-pyrrole nitrogens is 3. The number of carboxylic acids is 1. The van der Waals surface area contributed by atoms with E-state index < -0.39 is 54.5 Å². The van der Waals surface area contributed by atoms with Gasteiger partial charge in [0, 0.05) is 64.1 Å². The summed E-state index contributed by atoms with van der Waals surface area (Å²) >= 11 is 0. The minimum Gasteiger partial charge on any atom is -0.480 e. The van der Waals surface area contributed by atoms with Gasteiger partial charge >= 0.3 is 5.97 Å². The van der Waals surface area contributed by atoms with Crippen molar-refractivity contribution in [3.63, 3.8) is 0 Å². The third kappa shape index (κ3) is 7.32. The first kappa shape index (κ1) is 33.0. The first-order valence-corrected chi connectivity index (χ1v) is 15.9. The van der Waals surface area contributed by atoms with Crippen LogP contribution < -0.4 is 21.7 Å². The predicted octanol–water partition coefficient (Wildman–Crippen LogP) is 2.02. The number of aromatic amines is 3. The van der Waals surface area contributed by atoms with Gasteiger partial charge in [-0.3, -0.25) is 14.4 Å². The summed E-state index contributed by atoms with van der Waals surface area (Å²) in [6.45, 7) is -0.767. The van der Waals surface area contributed by atoms with Crippen LogP contribution in [0.15, 0.2) is 91.4 Å². The van der Waals surface area contributed by atoms with Gasteiger partial charge in [0.05, 0.1) is 12.6 Å². The minimum absolute atomic E-state index is 0.00676. The third-order valence-corrected chi connectivity index (χ3v) is 8.71. The highest BCUT2D eigenvalue weighted by Crippen LogP contribution is 2.22. The van der Waals surface area contributed by atoms with Crippen LogP contribution in [0.2, 0.25) is 0 Å². The van der Waals surface area contributed by atoms with Crippen LogP contribution in [0.1, 0.15) is 16.7 Å². The van der Waals surface area contributed by atoms with Crippen LogP contribution >= 0.6 is 0 Å². The number of aliphatic hydroxyl groups excluding tert-OH is 1. The number of hydrogen-bond donors (Lipinski definition) is 9. The lowest BCUT2D eigenvalue weighted by molar-refractivity contribution is -0.142. The lowest BCUT2D eigenvalue weighted by atomic mass is 10.0. The molecule has 0 saturated carbocycles. The fourth-order valence-corrected chi connectivity index (χ4v) is 6.10. The number of aliphatic carboxylic acids is 1. The molecule has 0 bridgehead atoms. The molecule has 0 radical (unpaired) electrons. The maximum atomic E-state index is 13.8. The quantitative estimate of drug-likeness (QED) is 0.0844. The summed E-state index contributed by atoms with van der Waals surface area (Å²) in [6.07, 6.45) is 5.34. The smallest absolute Gasteiger partial charge is 0.326 e. The topological polar surface area (TPSA) is 218 Å². The van der Waals surface area contributed by atoms with E-state index in [1.807, 2.05) is 72.8 Å². The van der Waals surface area contributed by atoms with Crippen molar-refractivity contribution in [3.8, 4) is 0 Å². The molecule has 0 spiro atoms. The maximum absolute atomic E-state index is 13.8. The molecule has 4 unspecified atom stereocenters. The monoisotopic (exact) mass is 663 g/mol. The highest BCUT2D eigenvalue weighted by Gasteiger charge is 2.31. The van der Waals surface area contributed by atoms with Gasteiger partial charge in [-0.1, -0.05) is 54.6 Å². The molecule has 3 aromatic heterocycles. The number of nitrogens with two attached hydrogens (primary N) is 1. The Labute approximate surface area is 280 Å². The van der Waals surface area contributed by atoms with Gasteiger partial charge in [-0.25, -0.2) is 4.79 Å². The Balaban J connectivity index is 1.18. The molecule has 0 fully saturated rings. The standard InChI is InChI=1S/C36H37N7O6/c37-26(13-20-16-38-27-10-4-1-7-23(20)27)33(45)43-32(19-44)35(47)41-30(14-21-17-39-28-11-5-2-8-24(21)28)34(46)42-31(36(48)49)15-22-18-40-29-12-6-3-9-25(22)29/h1-12,16-18,26,30-32,38-40,44H,13-15,19,37H2,(H,41,47)(H,42,46)(H,43,45)(H,48,49). The summed E-state index contributed by atoms with van der Waals surface area (Å²) < 4.78 is 0. The highest BCUT2D eigenvalue weighted by atomic mass is 16.4. The van der Waals surface area contributed by atoms with Crippen LogP contribution in [-0.4, -0.2) is 79.6 Å². The molecular weight excluding hydrogens is 626 g/mol. The lowest BCUT2D eigenvalue weighted by Crippen LogP contribution is -2.58. The van der Waals surface area contributed by atoms with Gasteiger partial charge in [-0.2, -0.15) is 0 Å². The molecule has 6 rings (SSSR count). The lowest BCUT2D eigenvalue weighted by Gasteiger charge is -2.24. The first-order valence-electron chi connectivity index (χ1n) is 15.9. The molecule has 3 heterocycles. The fourth-order valence-electron chi connectivity index (χ4n) is 6.10. The Morgan fingerprint density at radius 2 is 0.959 bits per heavy atom. The molecule has 49 heavy (non-hydrogen) atoms. The van der Waals surface area contributed by atoms with E-state index in [1.165, 1.54) is 0 Å². The average Bonchev–Trinajstić information content (AvgIpc) is 3.83. The first-order chi connectivity index (χ1) is 23.7. The summed E-state index contributed by atoms with van der Waals surface area (Å²) in [5.41, 5.74) is 11.0. The molecular formula is C36H37N7O6. The van der Waals surface area contributed by atoms with Gasteiger partial charge in [-0.15, -0.1) is 0 Å². The number of fused-ring (bicyclic) bond motifs is 3. The second-order valence-electron chi connectivity index (χ2n) is 12.0. The van der Waals surface area contributed by atoms with Crippen LogP contribution in [0.5, 0.6) is 0 Å². The SMILES string of the molecule is NC(Cc1c[nH]c2ccccc12)C(=O)NC(CO)C(=O)NC(Cc1c[nH]c2ccccc12)C(=O)NC(Cc1c[nH]c2ccccc12)C(=O)O. The molecule has 3 aromatic carbocycles. The molecule has 10 N–H and O–H groups in total. The summed E-state index contributed by atoms with van der Waals surface area (Å²) in [5, 5.41) is 30.5. The number of carbonyl (C=O) groups excluding carboxylic acids is 3. The number of aromatic nitrogens is 3. The van der Waals surface area contributed by atoms with Gasteiger partial charge in [0.15, 0.2) is 0 Å². The van der Waals surface area contributed by atoms with Gasteiger partial charge < -0.3 is 46.8 Å². The maximum Gasteiger partial charge on any atom is 0.326 e. The second-order valence-corrected chi connectivity index (χ2v) is 12.0. The Bertz CT molecular complexity index is 2130. The molecule has 0 aliphatic carbocycles. The zero-order valence-corrected chi connectivity index (χ0v) is 26.4. The van der Waals surface area contributed by atoms with Crippen molar-refractivity contribution in [1.82, 2.24) is 30.9 Å². The molecule has 0 saturated heterocycles. The number of carbonyl (C=O) groups is 4. The van der Waals surface area contributed by atoms with Crippen LogP contribution in [0.25, 0.3) is 32.7 Å². The van der Waals surface area contributed by atoms with Crippen LogP contribution in [0, 0.1) is 0 Å². The number of amides is 3. The molecule has 4 atom stereocenters. The Kier molecular flexibility index (Phi) is 9.74. The van der Waals surface area contributed by atoms with Crippen molar-refractivity contribution in [3.05, 3.63) is 108 Å². The molecule has 3 amide bonds.